The molecule has 0 saturated carbocycles. The van der Waals surface area contributed by atoms with E-state index in [1.807, 2.05) is 31.2 Å². The predicted octanol–water partition coefficient (Wildman–Crippen LogP) is 4.62. The zero-order valence-electron chi connectivity index (χ0n) is 13.6. The number of thiocarbonyl (C=S) groups is 1. The molecule has 0 unspecified atom stereocenters. The standard InChI is InChI=1S/C18H14N2O3S2/c1-11-5-3-4-6-14(11)19-17(21)16(25-18(19)24)10-13-8-7-12(2)15(9-13)20(22)23/h3-10H,1-2H3. The topological polar surface area (TPSA) is 63.5 Å². The van der Waals surface area contributed by atoms with E-state index >= 15 is 0 Å². The van der Waals surface area contributed by atoms with Gasteiger partial charge in [0.2, 0.25) is 0 Å². The van der Waals surface area contributed by atoms with Crippen molar-refractivity contribution in [3.8, 4) is 0 Å². The van der Waals surface area contributed by atoms with Crippen LogP contribution in [0.4, 0.5) is 11.4 Å². The van der Waals surface area contributed by atoms with E-state index in [4.69, 9.17) is 12.2 Å². The lowest BCUT2D eigenvalue weighted by Crippen LogP contribution is -2.28. The Morgan fingerprint density at radius 1 is 1.16 bits per heavy atom. The van der Waals surface area contributed by atoms with Gasteiger partial charge in [-0.25, -0.2) is 0 Å². The Kier molecular flexibility index (Phi) is 4.69. The Labute approximate surface area is 154 Å². The maximum atomic E-state index is 12.8. The molecule has 1 aliphatic heterocycles. The number of benzene rings is 2. The molecular weight excluding hydrogens is 356 g/mol. The molecule has 1 amide bonds. The minimum atomic E-state index is -0.425. The third-order valence-electron chi connectivity index (χ3n) is 3.88. The van der Waals surface area contributed by atoms with Gasteiger partial charge >= 0.3 is 0 Å². The van der Waals surface area contributed by atoms with Crippen molar-refractivity contribution in [1.29, 1.82) is 0 Å². The summed E-state index contributed by atoms with van der Waals surface area (Å²) in [4.78, 5) is 25.4. The highest BCUT2D eigenvalue weighted by Gasteiger charge is 2.34. The number of carbonyl (C=O) groups excluding carboxylic acids is 1. The SMILES string of the molecule is Cc1ccccc1N1C(=O)C(=Cc2ccc(C)c([N+](=O)[O-])c2)SC1=S. The van der Waals surface area contributed by atoms with Crippen LogP contribution in [-0.2, 0) is 4.79 Å². The van der Waals surface area contributed by atoms with Gasteiger partial charge in [0, 0.05) is 11.6 Å². The van der Waals surface area contributed by atoms with Crippen LogP contribution in [-0.4, -0.2) is 15.2 Å². The number of thioether (sulfide) groups is 1. The Hall–Kier alpha value is -2.51. The fourth-order valence-electron chi connectivity index (χ4n) is 2.55. The van der Waals surface area contributed by atoms with E-state index in [1.54, 1.807) is 25.1 Å². The molecule has 1 saturated heterocycles. The molecule has 0 aliphatic carbocycles. The average molecular weight is 370 g/mol. The molecule has 1 fully saturated rings. The fraction of sp³-hybridized carbons (Fsp3) is 0.111. The van der Waals surface area contributed by atoms with Crippen molar-refractivity contribution >= 4 is 51.7 Å². The highest BCUT2D eigenvalue weighted by Crippen LogP contribution is 2.37. The van der Waals surface area contributed by atoms with E-state index in [9.17, 15) is 14.9 Å². The summed E-state index contributed by atoms with van der Waals surface area (Å²) in [5, 5.41) is 11.1. The van der Waals surface area contributed by atoms with Gasteiger partial charge in [0.25, 0.3) is 11.6 Å². The van der Waals surface area contributed by atoms with E-state index in [2.05, 4.69) is 0 Å². The van der Waals surface area contributed by atoms with Crippen LogP contribution in [0, 0.1) is 24.0 Å². The van der Waals surface area contributed by atoms with Gasteiger partial charge in [-0.3, -0.25) is 19.8 Å². The highest BCUT2D eigenvalue weighted by atomic mass is 32.2. The van der Waals surface area contributed by atoms with Gasteiger partial charge in [-0.05, 0) is 37.1 Å². The van der Waals surface area contributed by atoms with E-state index in [-0.39, 0.29) is 11.6 Å². The summed E-state index contributed by atoms with van der Waals surface area (Å²) in [5.41, 5.74) is 2.91. The summed E-state index contributed by atoms with van der Waals surface area (Å²) in [5.74, 6) is -0.215. The number of nitro groups is 1. The zero-order valence-corrected chi connectivity index (χ0v) is 15.2. The van der Waals surface area contributed by atoms with Gasteiger partial charge in [-0.2, -0.15) is 0 Å². The molecule has 1 aliphatic rings. The van der Waals surface area contributed by atoms with E-state index in [0.717, 1.165) is 11.3 Å². The summed E-state index contributed by atoms with van der Waals surface area (Å²) in [6, 6.07) is 12.4. The van der Waals surface area contributed by atoms with Crippen molar-refractivity contribution in [3.05, 3.63) is 74.2 Å². The zero-order chi connectivity index (χ0) is 18.1. The highest BCUT2D eigenvalue weighted by molar-refractivity contribution is 8.27. The molecule has 0 N–H and O–H groups in total. The Balaban J connectivity index is 1.98. The molecule has 0 atom stereocenters. The largest absolute Gasteiger partial charge is 0.272 e. The number of hydrogen-bond donors (Lipinski definition) is 0. The van der Waals surface area contributed by atoms with Crippen LogP contribution in [0.5, 0.6) is 0 Å². The monoisotopic (exact) mass is 370 g/mol. The van der Waals surface area contributed by atoms with Crippen LogP contribution < -0.4 is 4.90 Å². The summed E-state index contributed by atoms with van der Waals surface area (Å²) < 4.78 is 0.451. The second kappa shape index (κ2) is 6.78. The molecule has 25 heavy (non-hydrogen) atoms. The number of nitro benzene ring substituents is 1. The average Bonchev–Trinajstić information content (AvgIpc) is 2.84. The number of amides is 1. The molecule has 7 heteroatoms. The third-order valence-corrected chi connectivity index (χ3v) is 5.18. The number of anilines is 1. The quantitative estimate of drug-likeness (QED) is 0.341. The summed E-state index contributed by atoms with van der Waals surface area (Å²) in [6.07, 6.45) is 1.64. The minimum absolute atomic E-state index is 0.0307. The minimum Gasteiger partial charge on any atom is -0.268 e. The van der Waals surface area contributed by atoms with Gasteiger partial charge in [0.05, 0.1) is 15.5 Å². The molecule has 2 aromatic carbocycles. The van der Waals surface area contributed by atoms with Crippen LogP contribution in [0.1, 0.15) is 16.7 Å². The summed E-state index contributed by atoms with van der Waals surface area (Å²) in [7, 11) is 0. The predicted molar refractivity (Wildman–Crippen MR) is 105 cm³/mol. The van der Waals surface area contributed by atoms with Gasteiger partial charge in [0.1, 0.15) is 0 Å². The molecule has 3 rings (SSSR count). The van der Waals surface area contributed by atoms with Gasteiger partial charge < -0.3 is 0 Å². The summed E-state index contributed by atoms with van der Waals surface area (Å²) in [6.45, 7) is 3.60. The first-order chi connectivity index (χ1) is 11.9. The van der Waals surface area contributed by atoms with Crippen molar-refractivity contribution in [2.24, 2.45) is 0 Å². The van der Waals surface area contributed by atoms with Gasteiger partial charge in [-0.15, -0.1) is 0 Å². The molecule has 0 bridgehead atoms. The van der Waals surface area contributed by atoms with E-state index < -0.39 is 4.92 Å². The molecular formula is C18H14N2O3S2. The second-order valence-electron chi connectivity index (χ2n) is 5.61. The van der Waals surface area contributed by atoms with Crippen molar-refractivity contribution in [2.45, 2.75) is 13.8 Å². The first kappa shape index (κ1) is 17.3. The number of para-hydroxylation sites is 1. The lowest BCUT2D eigenvalue weighted by atomic mass is 10.1. The Morgan fingerprint density at radius 3 is 2.56 bits per heavy atom. The molecule has 0 aromatic heterocycles. The number of rotatable bonds is 3. The lowest BCUT2D eigenvalue weighted by molar-refractivity contribution is -0.385. The van der Waals surface area contributed by atoms with Gasteiger partial charge in [-0.1, -0.05) is 54.3 Å². The van der Waals surface area contributed by atoms with Crippen molar-refractivity contribution in [2.75, 3.05) is 4.90 Å². The van der Waals surface area contributed by atoms with Crippen molar-refractivity contribution in [1.82, 2.24) is 0 Å². The van der Waals surface area contributed by atoms with Crippen LogP contribution in [0.25, 0.3) is 6.08 Å². The molecule has 0 radical (unpaired) electrons. The van der Waals surface area contributed by atoms with E-state index in [0.29, 0.717) is 20.4 Å². The normalized spacial score (nSPS) is 15.9. The van der Waals surface area contributed by atoms with Gasteiger partial charge in [0.15, 0.2) is 4.32 Å². The molecule has 5 nitrogen and oxygen atoms in total. The van der Waals surface area contributed by atoms with Crippen LogP contribution in [0.3, 0.4) is 0 Å². The second-order valence-corrected chi connectivity index (χ2v) is 7.28. The molecule has 2 aromatic rings. The number of aryl methyl sites for hydroxylation is 2. The first-order valence-electron chi connectivity index (χ1n) is 7.47. The maximum Gasteiger partial charge on any atom is 0.272 e. The Bertz CT molecular complexity index is 938. The summed E-state index contributed by atoms with van der Waals surface area (Å²) >= 11 is 6.56. The fourth-order valence-corrected chi connectivity index (χ4v) is 3.84. The van der Waals surface area contributed by atoms with Crippen molar-refractivity contribution < 1.29 is 9.72 Å². The third kappa shape index (κ3) is 3.33. The molecule has 1 heterocycles. The van der Waals surface area contributed by atoms with Crippen LogP contribution in [0.15, 0.2) is 47.4 Å². The lowest BCUT2D eigenvalue weighted by Gasteiger charge is -2.16. The number of carbonyl (C=O) groups is 1. The molecule has 126 valence electrons. The number of hydrogen-bond acceptors (Lipinski definition) is 5. The van der Waals surface area contributed by atoms with Crippen LogP contribution in [0.2, 0.25) is 0 Å². The van der Waals surface area contributed by atoms with Crippen molar-refractivity contribution in [3.63, 3.8) is 0 Å². The van der Waals surface area contributed by atoms with Crippen LogP contribution >= 0.6 is 24.0 Å². The Morgan fingerprint density at radius 2 is 1.88 bits per heavy atom. The smallest absolute Gasteiger partial charge is 0.268 e. The first-order valence-corrected chi connectivity index (χ1v) is 8.69. The maximum absolute atomic E-state index is 12.8. The number of nitrogens with zero attached hydrogens (tertiary/aromatic N) is 2. The van der Waals surface area contributed by atoms with E-state index in [1.165, 1.54) is 22.7 Å². The molecule has 0 spiro atoms.